The van der Waals surface area contributed by atoms with Gasteiger partial charge in [-0.2, -0.15) is 0 Å². The number of pyridine rings is 1. The van der Waals surface area contributed by atoms with Crippen molar-refractivity contribution in [2.45, 2.75) is 62.3 Å². The Morgan fingerprint density at radius 2 is 1.87 bits per heavy atom. The molecule has 168 valence electrons. The number of aromatic nitrogens is 3. The number of methoxy groups -OCH3 is 1. The quantitative estimate of drug-likeness (QED) is 0.355. The molecular weight excluding hydrogens is 453 g/mol. The Labute approximate surface area is 197 Å². The SMILES string of the molecule is CCC(CCOC)Cn1c(C(C)(C)C)nc2cc([S+]([O-])c3c(Cl)cncc3Cl)ccc21. The van der Waals surface area contributed by atoms with E-state index < -0.39 is 11.2 Å². The van der Waals surface area contributed by atoms with E-state index in [9.17, 15) is 4.55 Å². The van der Waals surface area contributed by atoms with Gasteiger partial charge in [-0.05, 0) is 24.5 Å². The van der Waals surface area contributed by atoms with Gasteiger partial charge in [0.25, 0.3) is 0 Å². The first-order valence-electron chi connectivity index (χ1n) is 10.4. The van der Waals surface area contributed by atoms with E-state index in [1.165, 1.54) is 12.4 Å². The first-order valence-corrected chi connectivity index (χ1v) is 12.3. The van der Waals surface area contributed by atoms with Crippen LogP contribution in [-0.2, 0) is 27.9 Å². The molecule has 0 spiro atoms. The molecule has 3 rings (SSSR count). The normalized spacial score (nSPS) is 14.2. The summed E-state index contributed by atoms with van der Waals surface area (Å²) in [4.78, 5) is 9.88. The van der Waals surface area contributed by atoms with E-state index in [4.69, 9.17) is 32.9 Å². The molecule has 0 aliphatic heterocycles. The van der Waals surface area contributed by atoms with E-state index in [0.29, 0.717) is 15.7 Å². The average Bonchev–Trinajstić information content (AvgIpc) is 3.08. The molecule has 0 aliphatic rings. The monoisotopic (exact) mass is 481 g/mol. The molecule has 0 radical (unpaired) electrons. The van der Waals surface area contributed by atoms with Crippen molar-refractivity contribution >= 4 is 45.4 Å². The molecule has 0 saturated heterocycles. The highest BCUT2D eigenvalue weighted by atomic mass is 35.5. The zero-order valence-electron chi connectivity index (χ0n) is 18.6. The Bertz CT molecular complexity index is 1030. The van der Waals surface area contributed by atoms with Gasteiger partial charge in [0, 0.05) is 42.9 Å². The number of imidazole rings is 1. The molecule has 0 aliphatic carbocycles. The van der Waals surface area contributed by atoms with Gasteiger partial charge in [-0.25, -0.2) is 4.98 Å². The minimum Gasteiger partial charge on any atom is -0.606 e. The maximum atomic E-state index is 13.2. The standard InChI is InChI=1S/C23H29Cl2N3O2S/c1-6-15(9-10-30-5)14-28-20-8-7-16(11-19(20)27-22(28)23(2,3)4)31(29)21-17(24)12-26-13-18(21)25/h7-8,11-13,15H,6,9-10,14H2,1-5H3. The number of hydrogen-bond donors (Lipinski definition) is 0. The first kappa shape index (κ1) is 24.3. The molecule has 2 unspecified atom stereocenters. The molecule has 2 atom stereocenters. The summed E-state index contributed by atoms with van der Waals surface area (Å²) in [6.07, 6.45) is 4.97. The fraction of sp³-hybridized carbons (Fsp3) is 0.478. The molecule has 2 aromatic heterocycles. The van der Waals surface area contributed by atoms with Crippen molar-refractivity contribution in [2.75, 3.05) is 13.7 Å². The lowest BCUT2D eigenvalue weighted by Gasteiger charge is -2.23. The van der Waals surface area contributed by atoms with Gasteiger partial charge in [-0.15, -0.1) is 0 Å². The van der Waals surface area contributed by atoms with Gasteiger partial charge in [0.1, 0.15) is 15.9 Å². The second kappa shape index (κ2) is 10.1. The van der Waals surface area contributed by atoms with Crippen LogP contribution in [0.2, 0.25) is 10.0 Å². The van der Waals surface area contributed by atoms with Crippen LogP contribution >= 0.6 is 23.2 Å². The van der Waals surface area contributed by atoms with Crippen LogP contribution in [-0.4, -0.2) is 32.8 Å². The van der Waals surface area contributed by atoms with Gasteiger partial charge in [0.05, 0.1) is 23.4 Å². The lowest BCUT2D eigenvalue weighted by Crippen LogP contribution is -2.22. The maximum absolute atomic E-state index is 13.2. The predicted molar refractivity (Wildman–Crippen MR) is 128 cm³/mol. The highest BCUT2D eigenvalue weighted by Gasteiger charge is 2.27. The molecule has 3 aromatic rings. The summed E-state index contributed by atoms with van der Waals surface area (Å²) in [5.41, 5.74) is 1.72. The first-order chi connectivity index (χ1) is 14.7. The largest absolute Gasteiger partial charge is 0.606 e. The zero-order chi connectivity index (χ0) is 22.8. The fourth-order valence-electron chi connectivity index (χ4n) is 3.64. The van der Waals surface area contributed by atoms with E-state index in [0.717, 1.165) is 42.9 Å². The Balaban J connectivity index is 2.05. The van der Waals surface area contributed by atoms with Crippen molar-refractivity contribution in [1.82, 2.24) is 14.5 Å². The zero-order valence-corrected chi connectivity index (χ0v) is 20.9. The van der Waals surface area contributed by atoms with Gasteiger partial charge in [-0.3, -0.25) is 4.98 Å². The third-order valence-electron chi connectivity index (χ3n) is 5.35. The van der Waals surface area contributed by atoms with E-state index in [1.807, 2.05) is 18.2 Å². The van der Waals surface area contributed by atoms with Crippen LogP contribution < -0.4 is 0 Å². The van der Waals surface area contributed by atoms with Crippen molar-refractivity contribution in [3.63, 3.8) is 0 Å². The number of rotatable bonds is 8. The van der Waals surface area contributed by atoms with E-state index in [1.54, 1.807) is 7.11 Å². The molecule has 8 heteroatoms. The third kappa shape index (κ3) is 5.37. The third-order valence-corrected chi connectivity index (χ3v) is 7.64. The lowest BCUT2D eigenvalue weighted by atomic mass is 9.95. The molecule has 0 N–H and O–H groups in total. The molecule has 0 bridgehead atoms. The van der Waals surface area contributed by atoms with Crippen LogP contribution in [0.1, 0.15) is 46.4 Å². The van der Waals surface area contributed by atoms with Crippen molar-refractivity contribution in [2.24, 2.45) is 5.92 Å². The predicted octanol–water partition coefficient (Wildman–Crippen LogP) is 6.27. The van der Waals surface area contributed by atoms with Crippen LogP contribution in [0, 0.1) is 5.92 Å². The Kier molecular flexibility index (Phi) is 7.92. The van der Waals surface area contributed by atoms with E-state index in [2.05, 4.69) is 37.2 Å². The van der Waals surface area contributed by atoms with Crippen LogP contribution in [0.25, 0.3) is 11.0 Å². The fourth-order valence-corrected chi connectivity index (χ4v) is 5.53. The Hall–Kier alpha value is -1.31. The summed E-state index contributed by atoms with van der Waals surface area (Å²) in [6.45, 7) is 10.3. The van der Waals surface area contributed by atoms with Crippen molar-refractivity contribution in [1.29, 1.82) is 0 Å². The van der Waals surface area contributed by atoms with Gasteiger partial charge < -0.3 is 13.9 Å². The molecule has 1 aromatic carbocycles. The van der Waals surface area contributed by atoms with Crippen molar-refractivity contribution in [3.8, 4) is 0 Å². The molecule has 31 heavy (non-hydrogen) atoms. The smallest absolute Gasteiger partial charge is 0.198 e. The van der Waals surface area contributed by atoms with Crippen LogP contribution in [0.3, 0.4) is 0 Å². The van der Waals surface area contributed by atoms with Gasteiger partial charge >= 0.3 is 0 Å². The highest BCUT2D eigenvalue weighted by Crippen LogP contribution is 2.35. The van der Waals surface area contributed by atoms with E-state index >= 15 is 0 Å². The number of fused-ring (bicyclic) bond motifs is 1. The molecule has 0 saturated carbocycles. The van der Waals surface area contributed by atoms with Crippen molar-refractivity contribution in [3.05, 3.63) is 46.5 Å². The minimum atomic E-state index is -1.53. The Morgan fingerprint density at radius 1 is 1.19 bits per heavy atom. The Morgan fingerprint density at radius 3 is 2.45 bits per heavy atom. The number of hydrogen-bond acceptors (Lipinski definition) is 4. The van der Waals surface area contributed by atoms with Crippen LogP contribution in [0.15, 0.2) is 40.4 Å². The average molecular weight is 482 g/mol. The maximum Gasteiger partial charge on any atom is 0.198 e. The summed E-state index contributed by atoms with van der Waals surface area (Å²) in [5.74, 6) is 1.50. The van der Waals surface area contributed by atoms with Crippen LogP contribution in [0.4, 0.5) is 0 Å². The minimum absolute atomic E-state index is 0.129. The van der Waals surface area contributed by atoms with Gasteiger partial charge in [0.15, 0.2) is 9.79 Å². The number of ether oxygens (including phenoxy) is 1. The molecule has 0 amide bonds. The van der Waals surface area contributed by atoms with Gasteiger partial charge in [0.2, 0.25) is 0 Å². The number of benzene rings is 1. The van der Waals surface area contributed by atoms with Crippen molar-refractivity contribution < 1.29 is 9.29 Å². The lowest BCUT2D eigenvalue weighted by molar-refractivity contribution is 0.171. The summed E-state index contributed by atoms with van der Waals surface area (Å²) in [6, 6.07) is 5.74. The molecule has 2 heterocycles. The summed E-state index contributed by atoms with van der Waals surface area (Å²) < 4.78 is 20.8. The van der Waals surface area contributed by atoms with Gasteiger partial charge in [-0.1, -0.05) is 57.3 Å². The summed E-state index contributed by atoms with van der Waals surface area (Å²) >= 11 is 10.9. The number of halogens is 2. The van der Waals surface area contributed by atoms with Crippen LogP contribution in [0.5, 0.6) is 0 Å². The van der Waals surface area contributed by atoms with E-state index in [-0.39, 0.29) is 15.5 Å². The molecule has 0 fully saturated rings. The topological polar surface area (TPSA) is 63.0 Å². The second-order valence-corrected chi connectivity index (χ2v) is 10.9. The summed E-state index contributed by atoms with van der Waals surface area (Å²) in [7, 11) is 1.74. The molecular formula is C23H29Cl2N3O2S. The second-order valence-electron chi connectivity index (χ2n) is 8.70. The number of nitrogens with zero attached hydrogens (tertiary/aromatic N) is 3. The molecule has 5 nitrogen and oxygen atoms in total. The summed E-state index contributed by atoms with van der Waals surface area (Å²) in [5, 5.41) is 0.576. The highest BCUT2D eigenvalue weighted by molar-refractivity contribution is 7.91.